The van der Waals surface area contributed by atoms with E-state index in [2.05, 4.69) is 12.1 Å². The predicted octanol–water partition coefficient (Wildman–Crippen LogP) is 3.15. The van der Waals surface area contributed by atoms with E-state index >= 15 is 0 Å². The van der Waals surface area contributed by atoms with Crippen LogP contribution in [0.3, 0.4) is 0 Å². The van der Waals surface area contributed by atoms with E-state index in [1.165, 1.54) is 11.1 Å². The van der Waals surface area contributed by atoms with Gasteiger partial charge in [-0.1, -0.05) is 35.9 Å². The Morgan fingerprint density at radius 2 is 2.00 bits per heavy atom. The summed E-state index contributed by atoms with van der Waals surface area (Å²) in [4.78, 5) is 11.7. The molecule has 0 saturated heterocycles. The van der Waals surface area contributed by atoms with Gasteiger partial charge in [0.05, 0.1) is 0 Å². The van der Waals surface area contributed by atoms with E-state index in [4.69, 9.17) is 0 Å². The zero-order valence-corrected chi connectivity index (χ0v) is 9.07. The van der Waals surface area contributed by atoms with Gasteiger partial charge >= 0.3 is 0 Å². The third-order valence-corrected chi connectivity index (χ3v) is 3.00. The van der Waals surface area contributed by atoms with Gasteiger partial charge in [0.1, 0.15) is 0 Å². The molecular weight excluding hydrogens is 184 g/mol. The Balaban J connectivity index is 2.05. The van der Waals surface area contributed by atoms with Gasteiger partial charge in [-0.15, -0.1) is 0 Å². The van der Waals surface area contributed by atoms with Crippen LogP contribution in [0, 0.1) is 5.92 Å². The topological polar surface area (TPSA) is 17.1 Å². The lowest BCUT2D eigenvalue weighted by Crippen LogP contribution is -2.19. The molecule has 0 radical (unpaired) electrons. The minimum absolute atomic E-state index is 0.205. The number of rotatable bonds is 2. The van der Waals surface area contributed by atoms with Crippen LogP contribution in [0.15, 0.2) is 42.0 Å². The molecular formula is C14H16O. The fourth-order valence-electron chi connectivity index (χ4n) is 2.08. The highest BCUT2D eigenvalue weighted by molar-refractivity contribution is 5.93. The molecule has 0 spiro atoms. The minimum atomic E-state index is 0.205. The number of allylic oxidation sites excluding steroid dienone is 2. The van der Waals surface area contributed by atoms with Crippen molar-refractivity contribution in [2.75, 3.05) is 0 Å². The first kappa shape index (κ1) is 10.2. The molecule has 78 valence electrons. The van der Waals surface area contributed by atoms with Crippen LogP contribution >= 0.6 is 0 Å². The highest BCUT2D eigenvalue weighted by Crippen LogP contribution is 2.23. The normalized spacial score (nSPS) is 21.3. The number of benzene rings is 1. The summed E-state index contributed by atoms with van der Waals surface area (Å²) in [5, 5.41) is 0. The lowest BCUT2D eigenvalue weighted by Gasteiger charge is -2.19. The summed E-state index contributed by atoms with van der Waals surface area (Å²) >= 11 is 0. The Labute approximate surface area is 90.8 Å². The Kier molecular flexibility index (Phi) is 3.00. The van der Waals surface area contributed by atoms with Gasteiger partial charge in [0.15, 0.2) is 5.78 Å². The molecule has 0 aliphatic heterocycles. The van der Waals surface area contributed by atoms with Crippen molar-refractivity contribution in [1.29, 1.82) is 0 Å². The van der Waals surface area contributed by atoms with E-state index in [-0.39, 0.29) is 5.92 Å². The standard InChI is InChI=1S/C14H16O/c1-11-7-8-13(14(15)9-11)10-12-5-3-2-4-6-12/h2-6,9,13H,7-8,10H2,1H3. The number of carbonyl (C=O) groups is 1. The van der Waals surface area contributed by atoms with Gasteiger partial charge in [0.2, 0.25) is 0 Å². The van der Waals surface area contributed by atoms with Gasteiger partial charge in [-0.2, -0.15) is 0 Å². The smallest absolute Gasteiger partial charge is 0.159 e. The minimum Gasteiger partial charge on any atom is -0.295 e. The Morgan fingerprint density at radius 3 is 2.67 bits per heavy atom. The molecule has 0 fully saturated rings. The molecule has 1 unspecified atom stereocenters. The van der Waals surface area contributed by atoms with Crippen molar-refractivity contribution in [3.8, 4) is 0 Å². The molecule has 1 aromatic rings. The van der Waals surface area contributed by atoms with Gasteiger partial charge < -0.3 is 0 Å². The molecule has 0 bridgehead atoms. The van der Waals surface area contributed by atoms with Gasteiger partial charge in [0, 0.05) is 5.92 Å². The van der Waals surface area contributed by atoms with E-state index in [1.54, 1.807) is 0 Å². The van der Waals surface area contributed by atoms with Crippen molar-refractivity contribution in [2.45, 2.75) is 26.2 Å². The molecule has 0 aromatic heterocycles. The highest BCUT2D eigenvalue weighted by Gasteiger charge is 2.20. The van der Waals surface area contributed by atoms with Crippen molar-refractivity contribution in [3.63, 3.8) is 0 Å². The number of hydrogen-bond donors (Lipinski definition) is 0. The van der Waals surface area contributed by atoms with Crippen molar-refractivity contribution in [1.82, 2.24) is 0 Å². The Morgan fingerprint density at radius 1 is 1.27 bits per heavy atom. The van der Waals surface area contributed by atoms with Crippen LogP contribution in [-0.4, -0.2) is 5.78 Å². The average molecular weight is 200 g/mol. The van der Waals surface area contributed by atoms with Crippen LogP contribution in [0.2, 0.25) is 0 Å². The van der Waals surface area contributed by atoms with E-state index in [9.17, 15) is 4.79 Å². The summed E-state index contributed by atoms with van der Waals surface area (Å²) in [7, 11) is 0. The quantitative estimate of drug-likeness (QED) is 0.716. The summed E-state index contributed by atoms with van der Waals surface area (Å²) in [6, 6.07) is 10.3. The lowest BCUT2D eigenvalue weighted by atomic mass is 9.85. The Hall–Kier alpha value is -1.37. The molecule has 1 aromatic carbocycles. The summed E-state index contributed by atoms with van der Waals surface area (Å²) in [6.07, 6.45) is 4.79. The summed E-state index contributed by atoms with van der Waals surface area (Å²) in [5.74, 6) is 0.513. The number of ketones is 1. The molecule has 1 nitrogen and oxygen atoms in total. The highest BCUT2D eigenvalue weighted by atomic mass is 16.1. The molecule has 0 heterocycles. The molecule has 1 aliphatic carbocycles. The first-order valence-electron chi connectivity index (χ1n) is 5.50. The zero-order valence-electron chi connectivity index (χ0n) is 9.07. The number of hydrogen-bond acceptors (Lipinski definition) is 1. The van der Waals surface area contributed by atoms with Crippen LogP contribution in [0.1, 0.15) is 25.3 Å². The maximum Gasteiger partial charge on any atom is 0.159 e. The van der Waals surface area contributed by atoms with Crippen molar-refractivity contribution < 1.29 is 4.79 Å². The molecule has 15 heavy (non-hydrogen) atoms. The maximum absolute atomic E-state index is 11.7. The lowest BCUT2D eigenvalue weighted by molar-refractivity contribution is -0.118. The van der Waals surface area contributed by atoms with E-state index in [0.29, 0.717) is 5.78 Å². The Bertz CT molecular complexity index is 376. The van der Waals surface area contributed by atoms with Gasteiger partial charge in [0.25, 0.3) is 0 Å². The maximum atomic E-state index is 11.7. The third-order valence-electron chi connectivity index (χ3n) is 3.00. The fourth-order valence-corrected chi connectivity index (χ4v) is 2.08. The van der Waals surface area contributed by atoms with Crippen LogP contribution < -0.4 is 0 Å². The first-order chi connectivity index (χ1) is 7.25. The molecule has 1 aliphatic rings. The second-order valence-electron chi connectivity index (χ2n) is 4.32. The van der Waals surface area contributed by atoms with E-state index in [0.717, 1.165) is 19.3 Å². The fraction of sp³-hybridized carbons (Fsp3) is 0.357. The number of carbonyl (C=O) groups excluding carboxylic acids is 1. The predicted molar refractivity (Wildman–Crippen MR) is 61.6 cm³/mol. The van der Waals surface area contributed by atoms with Crippen molar-refractivity contribution in [3.05, 3.63) is 47.5 Å². The molecule has 0 amide bonds. The van der Waals surface area contributed by atoms with Crippen molar-refractivity contribution >= 4 is 5.78 Å². The monoisotopic (exact) mass is 200 g/mol. The average Bonchev–Trinajstić information content (AvgIpc) is 2.24. The second kappa shape index (κ2) is 4.43. The van der Waals surface area contributed by atoms with Crippen LogP contribution in [0.5, 0.6) is 0 Å². The van der Waals surface area contributed by atoms with Crippen LogP contribution in [-0.2, 0) is 11.2 Å². The van der Waals surface area contributed by atoms with Gasteiger partial charge in [-0.25, -0.2) is 0 Å². The van der Waals surface area contributed by atoms with Crippen LogP contribution in [0.25, 0.3) is 0 Å². The van der Waals surface area contributed by atoms with E-state index in [1.807, 2.05) is 31.2 Å². The summed E-state index contributed by atoms with van der Waals surface area (Å²) < 4.78 is 0. The summed E-state index contributed by atoms with van der Waals surface area (Å²) in [5.41, 5.74) is 2.49. The SMILES string of the molecule is CC1=CC(=O)C(Cc2ccccc2)CC1. The summed E-state index contributed by atoms with van der Waals surface area (Å²) in [6.45, 7) is 2.04. The molecule has 2 rings (SSSR count). The molecule has 1 atom stereocenters. The molecule has 0 N–H and O–H groups in total. The van der Waals surface area contributed by atoms with Gasteiger partial charge in [-0.3, -0.25) is 4.79 Å². The third kappa shape index (κ3) is 2.56. The van der Waals surface area contributed by atoms with Crippen molar-refractivity contribution in [2.24, 2.45) is 5.92 Å². The van der Waals surface area contributed by atoms with E-state index < -0.39 is 0 Å². The second-order valence-corrected chi connectivity index (χ2v) is 4.32. The molecule has 0 saturated carbocycles. The first-order valence-corrected chi connectivity index (χ1v) is 5.50. The van der Waals surface area contributed by atoms with Crippen LogP contribution in [0.4, 0.5) is 0 Å². The molecule has 1 heteroatoms. The zero-order chi connectivity index (χ0) is 10.7. The largest absolute Gasteiger partial charge is 0.295 e. The van der Waals surface area contributed by atoms with Gasteiger partial charge in [-0.05, 0) is 37.8 Å².